The number of oxazole rings is 1. The number of hydrogen-bond acceptors (Lipinski definition) is 5. The summed E-state index contributed by atoms with van der Waals surface area (Å²) >= 11 is 6.16. The quantitative estimate of drug-likeness (QED) is 0.378. The maximum atomic E-state index is 11.6. The van der Waals surface area contributed by atoms with Crippen molar-refractivity contribution in [3.05, 3.63) is 70.3 Å². The van der Waals surface area contributed by atoms with Crippen molar-refractivity contribution in [2.75, 3.05) is 0 Å². The van der Waals surface area contributed by atoms with Crippen LogP contribution in [0.15, 0.2) is 46.9 Å². The highest BCUT2D eigenvalue weighted by molar-refractivity contribution is 6.31. The van der Waals surface area contributed by atoms with Gasteiger partial charge < -0.3 is 14.1 Å². The van der Waals surface area contributed by atoms with Crippen LogP contribution in [0, 0.1) is 0 Å². The molecule has 0 spiro atoms. The van der Waals surface area contributed by atoms with E-state index >= 15 is 0 Å². The molecule has 0 saturated carbocycles. The molecule has 0 atom stereocenters. The molecule has 31 heavy (non-hydrogen) atoms. The molecule has 4 rings (SSSR count). The number of benzene rings is 2. The van der Waals surface area contributed by atoms with Crippen molar-refractivity contribution in [2.45, 2.75) is 32.7 Å². The van der Waals surface area contributed by atoms with E-state index in [-0.39, 0.29) is 16.6 Å². The Morgan fingerprint density at radius 1 is 1.23 bits per heavy atom. The fourth-order valence-electron chi connectivity index (χ4n) is 3.52. The summed E-state index contributed by atoms with van der Waals surface area (Å²) in [5, 5.41) is 9.64. The predicted molar refractivity (Wildman–Crippen MR) is 117 cm³/mol. The molecule has 0 fully saturated rings. The molecule has 0 radical (unpaired) electrons. The number of fused-ring (bicyclic) bond motifs is 1. The van der Waals surface area contributed by atoms with Gasteiger partial charge in [-0.25, -0.2) is 14.8 Å². The molecule has 0 saturated heterocycles. The minimum absolute atomic E-state index is 0.124. The molecule has 0 bridgehead atoms. The van der Waals surface area contributed by atoms with Crippen molar-refractivity contribution in [3.8, 4) is 11.5 Å². The molecule has 0 unspecified atom stereocenters. The van der Waals surface area contributed by atoms with Gasteiger partial charge in [-0.3, -0.25) is 4.79 Å². The molecule has 1 N–H and O–H groups in total. The number of carbonyl (C=O) groups is 2. The van der Waals surface area contributed by atoms with Crippen molar-refractivity contribution >= 4 is 35.0 Å². The van der Waals surface area contributed by atoms with Gasteiger partial charge in [-0.15, -0.1) is 0 Å². The molecular weight excluding hydrogens is 418 g/mol. The number of aromatic nitrogens is 3. The van der Waals surface area contributed by atoms with Gasteiger partial charge in [-0.1, -0.05) is 43.1 Å². The van der Waals surface area contributed by atoms with E-state index in [1.807, 2.05) is 16.7 Å². The highest BCUT2D eigenvalue weighted by Crippen LogP contribution is 2.28. The monoisotopic (exact) mass is 437 g/mol. The van der Waals surface area contributed by atoms with Gasteiger partial charge >= 0.3 is 5.97 Å². The van der Waals surface area contributed by atoms with Gasteiger partial charge in [0, 0.05) is 13.0 Å². The van der Waals surface area contributed by atoms with Crippen LogP contribution in [-0.2, 0) is 13.0 Å². The second-order valence-corrected chi connectivity index (χ2v) is 7.54. The first-order chi connectivity index (χ1) is 15.0. The number of carbonyl (C=O) groups excluding carboxylic acids is 1. The minimum atomic E-state index is -1.04. The van der Waals surface area contributed by atoms with Crippen LogP contribution in [0.1, 0.15) is 52.0 Å². The fraction of sp³-hybridized carbons (Fsp3) is 0.217. The minimum Gasteiger partial charge on any atom is -0.478 e. The smallest absolute Gasteiger partial charge is 0.336 e. The van der Waals surface area contributed by atoms with Gasteiger partial charge in [-0.2, -0.15) is 0 Å². The maximum Gasteiger partial charge on any atom is 0.336 e. The zero-order chi connectivity index (χ0) is 22.0. The first kappa shape index (κ1) is 20.8. The molecule has 2 heterocycles. The molecule has 4 aromatic rings. The Morgan fingerprint density at radius 2 is 2.03 bits per heavy atom. The lowest BCUT2D eigenvalue weighted by molar-refractivity contribution is 0.0697. The van der Waals surface area contributed by atoms with Crippen LogP contribution in [0.25, 0.3) is 22.6 Å². The Morgan fingerprint density at radius 3 is 2.77 bits per heavy atom. The van der Waals surface area contributed by atoms with Crippen LogP contribution in [0.4, 0.5) is 0 Å². The first-order valence-corrected chi connectivity index (χ1v) is 10.3. The molecule has 0 aliphatic rings. The molecule has 0 amide bonds. The van der Waals surface area contributed by atoms with Crippen molar-refractivity contribution in [1.29, 1.82) is 0 Å². The zero-order valence-electron chi connectivity index (χ0n) is 16.8. The van der Waals surface area contributed by atoms with Crippen molar-refractivity contribution in [1.82, 2.24) is 14.5 Å². The molecule has 2 aromatic heterocycles. The molecule has 0 aliphatic heterocycles. The third kappa shape index (κ3) is 4.09. The number of aryl methyl sites for hydroxylation is 1. The number of aromatic carboxylic acids is 1. The summed E-state index contributed by atoms with van der Waals surface area (Å²) in [6.07, 6.45) is 3.40. The van der Waals surface area contributed by atoms with Gasteiger partial charge in [0.1, 0.15) is 17.0 Å². The summed E-state index contributed by atoms with van der Waals surface area (Å²) in [5.74, 6) is -0.0325. The van der Waals surface area contributed by atoms with Gasteiger partial charge in [0.2, 0.25) is 5.89 Å². The Hall–Kier alpha value is -3.45. The average molecular weight is 438 g/mol. The van der Waals surface area contributed by atoms with Crippen molar-refractivity contribution in [2.24, 2.45) is 0 Å². The summed E-state index contributed by atoms with van der Waals surface area (Å²) in [4.78, 5) is 31.9. The van der Waals surface area contributed by atoms with Gasteiger partial charge in [0.05, 0.1) is 11.1 Å². The van der Waals surface area contributed by atoms with Gasteiger partial charge in [0.15, 0.2) is 17.0 Å². The normalized spacial score (nSPS) is 11.2. The van der Waals surface area contributed by atoms with E-state index in [9.17, 15) is 14.7 Å². The topological polar surface area (TPSA) is 98.2 Å². The molecule has 0 aliphatic carbocycles. The molecule has 8 heteroatoms. The third-order valence-electron chi connectivity index (χ3n) is 5.09. The summed E-state index contributed by atoms with van der Waals surface area (Å²) in [5.41, 5.74) is 2.93. The number of unbranched alkanes of at least 4 members (excludes halogenated alkanes) is 1. The van der Waals surface area contributed by atoms with E-state index in [4.69, 9.17) is 16.0 Å². The highest BCUT2D eigenvalue weighted by atomic mass is 35.5. The largest absolute Gasteiger partial charge is 0.478 e. The predicted octanol–water partition coefficient (Wildman–Crippen LogP) is 5.25. The lowest BCUT2D eigenvalue weighted by atomic mass is 10.1. The fourth-order valence-corrected chi connectivity index (χ4v) is 3.77. The Bertz CT molecular complexity index is 1280. The van der Waals surface area contributed by atoms with Gasteiger partial charge in [0.25, 0.3) is 0 Å². The van der Waals surface area contributed by atoms with E-state index < -0.39 is 5.97 Å². The average Bonchev–Trinajstić information content (AvgIpc) is 3.32. The van der Waals surface area contributed by atoms with E-state index in [1.165, 1.54) is 6.07 Å². The van der Waals surface area contributed by atoms with Crippen LogP contribution in [0.5, 0.6) is 0 Å². The van der Waals surface area contributed by atoms with Crippen LogP contribution in [0.3, 0.4) is 0 Å². The first-order valence-electron chi connectivity index (χ1n) is 9.94. The number of hydrogen-bond donors (Lipinski definition) is 1. The summed E-state index contributed by atoms with van der Waals surface area (Å²) in [7, 11) is 0. The van der Waals surface area contributed by atoms with Crippen LogP contribution >= 0.6 is 11.6 Å². The van der Waals surface area contributed by atoms with E-state index in [0.717, 1.165) is 36.9 Å². The standard InChI is InChI=1S/C23H20ClN3O4/c1-2-3-8-20-26-21(24)18(13-28)27(20)12-14-9-10-19-17(11-14)25-22(31-19)15-6-4-5-7-16(15)23(29)30/h4-7,9-11,13H,2-3,8,12H2,1H3,(H,29,30). The second-order valence-electron chi connectivity index (χ2n) is 7.18. The highest BCUT2D eigenvalue weighted by Gasteiger charge is 2.18. The van der Waals surface area contributed by atoms with Crippen LogP contribution in [-0.4, -0.2) is 31.9 Å². The van der Waals surface area contributed by atoms with E-state index in [1.54, 1.807) is 24.3 Å². The molecule has 158 valence electrons. The zero-order valence-corrected chi connectivity index (χ0v) is 17.6. The van der Waals surface area contributed by atoms with Crippen molar-refractivity contribution < 1.29 is 19.1 Å². The Labute approximate surface area is 183 Å². The van der Waals surface area contributed by atoms with Crippen LogP contribution in [0.2, 0.25) is 5.15 Å². The number of nitrogens with zero attached hydrogens (tertiary/aromatic N) is 3. The van der Waals surface area contributed by atoms with Crippen LogP contribution < -0.4 is 0 Å². The summed E-state index contributed by atoms with van der Waals surface area (Å²) in [6, 6.07) is 12.1. The lowest BCUT2D eigenvalue weighted by Crippen LogP contribution is -2.08. The summed E-state index contributed by atoms with van der Waals surface area (Å²) < 4.78 is 7.63. The number of aldehydes is 1. The number of rotatable bonds is 8. The SMILES string of the molecule is CCCCc1nc(Cl)c(C=O)n1Cc1ccc2oc(-c3ccccc3C(=O)O)nc2c1. The molecule has 7 nitrogen and oxygen atoms in total. The summed E-state index contributed by atoms with van der Waals surface area (Å²) in [6.45, 7) is 2.50. The number of carboxylic acids is 1. The Kier molecular flexibility index (Phi) is 5.86. The number of carboxylic acid groups (broad SMARTS) is 1. The Balaban J connectivity index is 1.71. The van der Waals surface area contributed by atoms with E-state index in [2.05, 4.69) is 16.9 Å². The molecular formula is C23H20ClN3O4. The van der Waals surface area contributed by atoms with Gasteiger partial charge in [-0.05, 0) is 36.2 Å². The molecule has 2 aromatic carbocycles. The van der Waals surface area contributed by atoms with Crippen molar-refractivity contribution in [3.63, 3.8) is 0 Å². The second kappa shape index (κ2) is 8.73. The lowest BCUT2D eigenvalue weighted by Gasteiger charge is -2.09. The maximum absolute atomic E-state index is 11.6. The third-order valence-corrected chi connectivity index (χ3v) is 5.37. The number of imidazole rings is 1. The van der Waals surface area contributed by atoms with E-state index in [0.29, 0.717) is 28.9 Å². The number of halogens is 1.